The van der Waals surface area contributed by atoms with Gasteiger partial charge in [0.25, 0.3) is 0 Å². The fourth-order valence-corrected chi connectivity index (χ4v) is 14.5. The van der Waals surface area contributed by atoms with Crippen molar-refractivity contribution in [2.24, 2.45) is 0 Å². The van der Waals surface area contributed by atoms with E-state index in [1.807, 2.05) is 156 Å². The summed E-state index contributed by atoms with van der Waals surface area (Å²) >= 11 is 0. The molecule has 0 N–H and O–H groups in total. The van der Waals surface area contributed by atoms with E-state index >= 15 is 0 Å². The zero-order chi connectivity index (χ0) is 78.3. The molecule has 0 bridgehead atoms. The predicted octanol–water partition coefficient (Wildman–Crippen LogP) is 24.5. The first-order chi connectivity index (χ1) is 53.0. The second-order valence-electron chi connectivity index (χ2n) is 29.4. The molecule has 5 heterocycles. The Morgan fingerprint density at radius 2 is 0.617 bits per heavy atom. The number of aromatic nitrogens is 10. The minimum Gasteiger partial charge on any atom is -0.284 e. The number of nitriles is 1. The van der Waals surface area contributed by atoms with Crippen molar-refractivity contribution in [3.05, 3.63) is 358 Å². The fourth-order valence-electron chi connectivity index (χ4n) is 14.5. The molecule has 15 rings (SSSR count). The summed E-state index contributed by atoms with van der Waals surface area (Å²) in [7, 11) is 0. The summed E-state index contributed by atoms with van der Waals surface area (Å²) in [6.07, 6.45) is 18.5. The molecule has 0 fully saturated rings. The third-order valence-electron chi connectivity index (χ3n) is 19.6. The first-order valence-electron chi connectivity index (χ1n) is 37.7. The van der Waals surface area contributed by atoms with Crippen LogP contribution in [0.5, 0.6) is 0 Å². The van der Waals surface area contributed by atoms with Gasteiger partial charge in [-0.25, -0.2) is 5.26 Å². The third-order valence-corrected chi connectivity index (χ3v) is 19.6. The number of para-hydroxylation sites is 3. The fraction of sp³-hybridized carbons (Fsp3) is 0.224. The van der Waals surface area contributed by atoms with Crippen molar-refractivity contribution < 1.29 is 105 Å². The van der Waals surface area contributed by atoms with Crippen LogP contribution in [0.2, 0.25) is 0 Å². The van der Waals surface area contributed by atoms with Crippen molar-refractivity contribution in [1.29, 1.82) is 5.26 Å². The maximum Gasteiger partial charge on any atom is 0.0493 e. The van der Waals surface area contributed by atoms with E-state index in [4.69, 9.17) is 0 Å². The van der Waals surface area contributed by atoms with Crippen molar-refractivity contribution in [3.8, 4) is 90.1 Å². The Kier molecular flexibility index (Phi) is 36.5. The number of hydrogen-bond acceptors (Lipinski definition) is 6. The minimum absolute atomic E-state index is 0. The van der Waals surface area contributed by atoms with Crippen LogP contribution >= 0.6 is 0 Å². The van der Waals surface area contributed by atoms with Crippen molar-refractivity contribution >= 4 is 0 Å². The molecule has 0 saturated heterocycles. The zero-order valence-electron chi connectivity index (χ0n) is 68.0. The quantitative estimate of drug-likeness (QED) is 0.0945. The maximum absolute atomic E-state index is 13.7. The van der Waals surface area contributed by atoms with Crippen LogP contribution in [-0.2, 0) is 101 Å². The van der Waals surface area contributed by atoms with E-state index in [0.717, 1.165) is 61.8 Å². The van der Waals surface area contributed by atoms with Gasteiger partial charge in [0, 0.05) is 174 Å². The van der Waals surface area contributed by atoms with Gasteiger partial charge in [-0.15, -0.1) is 40.5 Å². The van der Waals surface area contributed by atoms with Crippen LogP contribution < -0.4 is 0 Å². The van der Waals surface area contributed by atoms with Gasteiger partial charge in [0.05, 0.1) is 0 Å². The van der Waals surface area contributed by atoms with Gasteiger partial charge in [0.2, 0.25) is 0 Å². The Balaban J connectivity index is 0.000000222. The molecular formula is C98H97FIr5N11-5. The summed E-state index contributed by atoms with van der Waals surface area (Å²) < 4.78 is 22.9. The summed E-state index contributed by atoms with van der Waals surface area (Å²) in [5.41, 5.74) is 32.2. The summed E-state index contributed by atoms with van der Waals surface area (Å²) in [5.74, 6) is 2.06. The maximum atomic E-state index is 13.7. The molecule has 0 aliphatic rings. The number of nitrogens with zero attached hydrogens (tertiary/aromatic N) is 11. The third kappa shape index (κ3) is 22.8. The number of benzene rings is 10. The molecule has 15 aromatic rings. The number of hydrogen-bond donors (Lipinski definition) is 0. The molecule has 10 aromatic carbocycles. The predicted molar refractivity (Wildman–Crippen MR) is 447 cm³/mol. The van der Waals surface area contributed by atoms with E-state index in [2.05, 4.69) is 251 Å². The van der Waals surface area contributed by atoms with Crippen LogP contribution in [0.25, 0.3) is 84.1 Å². The molecule has 5 aromatic heterocycles. The second kappa shape index (κ2) is 44.3. The molecule has 0 atom stereocenters. The topological polar surface area (TPSA) is 113 Å². The van der Waals surface area contributed by atoms with Crippen LogP contribution in [0.4, 0.5) is 4.39 Å². The molecule has 601 valence electrons. The Morgan fingerprint density at radius 1 is 0.313 bits per heavy atom. The van der Waals surface area contributed by atoms with Gasteiger partial charge in [-0.3, -0.25) is 27.8 Å². The van der Waals surface area contributed by atoms with E-state index < -0.39 is 0 Å². The van der Waals surface area contributed by atoms with Crippen LogP contribution in [-0.4, -0.2) is 48.9 Å². The second-order valence-corrected chi connectivity index (χ2v) is 29.4. The van der Waals surface area contributed by atoms with E-state index in [-0.39, 0.29) is 106 Å². The molecule has 17 heteroatoms. The van der Waals surface area contributed by atoms with E-state index in [0.29, 0.717) is 35.2 Å². The van der Waals surface area contributed by atoms with Gasteiger partial charge < -0.3 is 0 Å². The van der Waals surface area contributed by atoms with Gasteiger partial charge >= 0.3 is 0 Å². The van der Waals surface area contributed by atoms with Crippen molar-refractivity contribution in [2.45, 2.75) is 147 Å². The molecular weight excluding hydrogens is 2310 g/mol. The molecule has 0 aliphatic carbocycles. The Hall–Kier alpha value is -9.08. The average Bonchev–Trinajstić information content (AvgIpc) is 1.52. The Bertz CT molecular complexity index is 5480. The normalized spacial score (nSPS) is 10.6. The number of rotatable bonds is 15. The molecule has 11 nitrogen and oxygen atoms in total. The van der Waals surface area contributed by atoms with Gasteiger partial charge in [-0.1, -0.05) is 226 Å². The molecule has 0 aliphatic heterocycles. The Labute approximate surface area is 748 Å². The van der Waals surface area contributed by atoms with E-state index in [1.54, 1.807) is 40.1 Å². The van der Waals surface area contributed by atoms with Crippen molar-refractivity contribution in [3.63, 3.8) is 0 Å². The standard InChI is InChI=1S/C24H29N2.C21H23N2.C18H14N3.C18H17N2.C17H14FN2.5Ir/c1-16(2)19-14-21(17(3)4)24(22(15-19)18(5)6)20-10-7-8-11-23(20)26-13-9-12-25-26;1-15(2)17-10-7-11-18(16(3)4)21(17)19-9-5-6-12-20(19)23-14-8-13-22-23;1-13-5-3-6-14(2)18(13)16-11-15(12-19)7-8-17(16)21-10-4-9-20-21;1-13-11-14(2)18(15(3)12-13)16-7-4-5-8-17(16)20-10-6-9-19-20;1-12-5-3-6-13(2)17(12)15-11-14(18)7-8-16(15)20-10-4-9-19-20;;;;;/h7-10,12-18H,1-6H3;5-11,13-16H,1-4H3;3-7,9-11H,1-2H3;4-7,9-12H,1-3H3;3-7,9-11H,1-2H3;;;;;/q5*-1;;;;;. The van der Waals surface area contributed by atoms with Crippen LogP contribution in [0.1, 0.15) is 171 Å². The molecule has 0 unspecified atom stereocenters. The molecule has 0 spiro atoms. The number of halogens is 1. The smallest absolute Gasteiger partial charge is 0.0493 e. The molecule has 115 heavy (non-hydrogen) atoms. The first kappa shape index (κ1) is 94.8. The zero-order valence-corrected chi connectivity index (χ0v) is 80.0. The van der Waals surface area contributed by atoms with Crippen molar-refractivity contribution in [2.75, 3.05) is 0 Å². The Morgan fingerprint density at radius 3 is 0.939 bits per heavy atom. The minimum atomic E-state index is -0.293. The molecule has 0 amide bonds. The molecule has 5 radical (unpaired) electrons. The van der Waals surface area contributed by atoms with Crippen LogP contribution in [0.15, 0.2) is 250 Å². The largest absolute Gasteiger partial charge is 0.284 e. The van der Waals surface area contributed by atoms with Gasteiger partial charge in [0.1, 0.15) is 0 Å². The van der Waals surface area contributed by atoms with Gasteiger partial charge in [-0.2, -0.15) is 116 Å². The van der Waals surface area contributed by atoms with Crippen LogP contribution in [0.3, 0.4) is 0 Å². The van der Waals surface area contributed by atoms with Crippen molar-refractivity contribution in [1.82, 2.24) is 48.9 Å². The number of aryl methyl sites for hydroxylation is 7. The average molecular weight is 2410 g/mol. The van der Waals surface area contributed by atoms with Gasteiger partial charge in [0.15, 0.2) is 0 Å². The summed E-state index contributed by atoms with van der Waals surface area (Å²) in [6.45, 7) is 37.4. The summed E-state index contributed by atoms with van der Waals surface area (Å²) in [4.78, 5) is 0. The van der Waals surface area contributed by atoms with E-state index in [9.17, 15) is 9.65 Å². The summed E-state index contributed by atoms with van der Waals surface area (Å²) in [6, 6.07) is 81.2. The van der Waals surface area contributed by atoms with Gasteiger partial charge in [-0.05, 0) is 165 Å². The summed E-state index contributed by atoms with van der Waals surface area (Å²) in [5, 5.41) is 30.9. The van der Waals surface area contributed by atoms with E-state index in [1.165, 1.54) is 95.1 Å². The first-order valence-corrected chi connectivity index (χ1v) is 37.7. The van der Waals surface area contributed by atoms with Crippen LogP contribution in [0, 0.1) is 95.9 Å². The SMILES string of the molecule is CC(C)c1cc(C(C)C)c(-c2ccc[c-]c2-n2cccn2)c(C(C)C)c1.CC(C)c1cccc(C(C)C)c1-c1ccc[c-]c1-n1cccn1.Cc1cc(C)c(-c2ccc[c-]c2-n2cccn2)c(C)c1.Cc1cccc(C)c1-c1cc(C#N)c[c-]c1-n1cccn1.Cc1cccc(C)c1-c1cc(F)c[c-]c1-n1cccn1.[Ir].[Ir].[Ir].[Ir].[Ir]. The monoisotopic (exact) mass is 2410 g/mol. The molecule has 0 saturated carbocycles.